The molecule has 0 bridgehead atoms. The van der Waals surface area contributed by atoms with E-state index < -0.39 is 22.5 Å². The van der Waals surface area contributed by atoms with E-state index in [-0.39, 0.29) is 17.2 Å². The van der Waals surface area contributed by atoms with Crippen LogP contribution in [0.1, 0.15) is 22.5 Å². The number of nitrogens with one attached hydrogen (secondary N) is 1. The number of halogens is 1. The van der Waals surface area contributed by atoms with Gasteiger partial charge in [-0.3, -0.25) is 4.79 Å². The summed E-state index contributed by atoms with van der Waals surface area (Å²) in [5, 5.41) is 4.13. The van der Waals surface area contributed by atoms with E-state index in [0.29, 0.717) is 5.75 Å². The molecule has 3 aromatic carbocycles. The molecule has 0 aliphatic carbocycles. The van der Waals surface area contributed by atoms with Crippen LogP contribution >= 0.6 is 15.9 Å². The van der Waals surface area contributed by atoms with Crippen LogP contribution in [0.2, 0.25) is 0 Å². The highest BCUT2D eigenvalue weighted by Gasteiger charge is 2.28. The van der Waals surface area contributed by atoms with Crippen LogP contribution in [-0.4, -0.2) is 50.2 Å². The highest BCUT2D eigenvalue weighted by molar-refractivity contribution is 9.10. The number of amides is 1. The molecule has 0 fully saturated rings. The second-order valence-corrected chi connectivity index (χ2v) is 12.1. The van der Waals surface area contributed by atoms with Gasteiger partial charge in [0, 0.05) is 39.7 Å². The molecule has 11 heteroatoms. The van der Waals surface area contributed by atoms with E-state index in [9.17, 15) is 13.2 Å². The fourth-order valence-corrected chi connectivity index (χ4v) is 6.08. The third-order valence-corrected chi connectivity index (χ3v) is 8.78. The lowest BCUT2D eigenvalue weighted by molar-refractivity contribution is -0.121. The number of hydrogen-bond donors (Lipinski definition) is 1. The van der Waals surface area contributed by atoms with E-state index in [1.807, 2.05) is 62.4 Å². The van der Waals surface area contributed by atoms with Crippen LogP contribution < -0.4 is 14.9 Å². The van der Waals surface area contributed by atoms with Gasteiger partial charge in [0.25, 0.3) is 5.91 Å². The molecule has 0 saturated carbocycles. The molecule has 9 nitrogen and oxygen atoms in total. The third kappa shape index (κ3) is 7.05. The molecule has 41 heavy (non-hydrogen) atoms. The van der Waals surface area contributed by atoms with Gasteiger partial charge in [-0.15, -0.1) is 0 Å². The zero-order valence-corrected chi connectivity index (χ0v) is 25.6. The van der Waals surface area contributed by atoms with Gasteiger partial charge in [0.15, 0.2) is 11.5 Å². The summed E-state index contributed by atoms with van der Waals surface area (Å²) < 4.78 is 42.1. The molecule has 1 heterocycles. The average Bonchev–Trinajstić information content (AvgIpc) is 3.25. The van der Waals surface area contributed by atoms with Crippen molar-refractivity contribution in [2.24, 2.45) is 5.10 Å². The van der Waals surface area contributed by atoms with Gasteiger partial charge >= 0.3 is 0 Å². The van der Waals surface area contributed by atoms with Crippen LogP contribution in [0.5, 0.6) is 11.5 Å². The van der Waals surface area contributed by atoms with Gasteiger partial charge in [0.05, 0.1) is 31.9 Å². The van der Waals surface area contributed by atoms with Gasteiger partial charge in [0.2, 0.25) is 10.0 Å². The number of carbonyl (C=O) groups is 1. The van der Waals surface area contributed by atoms with E-state index in [0.717, 1.165) is 37.0 Å². The van der Waals surface area contributed by atoms with Crippen molar-refractivity contribution in [1.82, 2.24) is 14.3 Å². The van der Waals surface area contributed by atoms with Gasteiger partial charge in [-0.2, -0.15) is 9.41 Å². The van der Waals surface area contributed by atoms with Crippen molar-refractivity contribution in [2.75, 3.05) is 20.8 Å². The lowest BCUT2D eigenvalue weighted by Gasteiger charge is -2.22. The summed E-state index contributed by atoms with van der Waals surface area (Å²) in [5.74, 6) is 0.0820. The lowest BCUT2D eigenvalue weighted by atomic mass is 10.2. The minimum Gasteiger partial charge on any atom is -0.493 e. The standard InChI is InChI=1S/C30H31BrN4O5S/c1-21-16-24(22(2)35(21)26-12-10-25(31)11-13-26)18-32-33-30(36)20-34(19-23-8-6-5-7-9-23)41(37,38)27-14-15-28(39-3)29(17-27)40-4/h5-18H,19-20H2,1-4H3,(H,33,36)/b32-18+. The maximum Gasteiger partial charge on any atom is 0.255 e. The molecule has 214 valence electrons. The number of aryl methyl sites for hydroxylation is 1. The molecule has 0 atom stereocenters. The molecule has 0 saturated heterocycles. The van der Waals surface area contributed by atoms with Crippen molar-refractivity contribution < 1.29 is 22.7 Å². The first-order chi connectivity index (χ1) is 19.6. The SMILES string of the molecule is COc1ccc(S(=O)(=O)N(CC(=O)N/N=C/c2cc(C)n(-c3ccc(Br)cc3)c2C)Cc2ccccc2)cc1OC. The van der Waals surface area contributed by atoms with Gasteiger partial charge in [0.1, 0.15) is 0 Å². The van der Waals surface area contributed by atoms with Crippen molar-refractivity contribution in [3.63, 3.8) is 0 Å². The molecule has 4 aromatic rings. The predicted molar refractivity (Wildman–Crippen MR) is 162 cm³/mol. The number of aromatic nitrogens is 1. The minimum atomic E-state index is -4.09. The number of methoxy groups -OCH3 is 2. The van der Waals surface area contributed by atoms with Gasteiger partial charge in [-0.1, -0.05) is 46.3 Å². The van der Waals surface area contributed by atoms with Crippen molar-refractivity contribution in [1.29, 1.82) is 0 Å². The Labute approximate surface area is 248 Å². The summed E-state index contributed by atoms with van der Waals surface area (Å²) in [4.78, 5) is 12.9. The zero-order valence-electron chi connectivity index (χ0n) is 23.2. The van der Waals surface area contributed by atoms with Crippen LogP contribution in [-0.2, 0) is 21.4 Å². The summed E-state index contributed by atoms with van der Waals surface area (Å²) in [6, 6.07) is 23.3. The molecule has 0 radical (unpaired) electrons. The first kappa shape index (κ1) is 30.0. The van der Waals surface area contributed by atoms with Crippen LogP contribution in [0.15, 0.2) is 93.3 Å². The molecule has 1 aromatic heterocycles. The first-order valence-corrected chi connectivity index (χ1v) is 14.9. The number of benzene rings is 3. The Hall–Kier alpha value is -3.93. The number of ether oxygens (including phenoxy) is 2. The summed E-state index contributed by atoms with van der Waals surface area (Å²) in [6.45, 7) is 3.50. The number of hydrogen-bond acceptors (Lipinski definition) is 6. The van der Waals surface area contributed by atoms with Crippen LogP contribution in [0.4, 0.5) is 0 Å². The van der Waals surface area contributed by atoms with Crippen LogP contribution in [0, 0.1) is 13.8 Å². The fourth-order valence-electron chi connectivity index (χ4n) is 4.41. The Kier molecular flexibility index (Phi) is 9.64. The van der Waals surface area contributed by atoms with E-state index in [4.69, 9.17) is 9.47 Å². The summed E-state index contributed by atoms with van der Waals surface area (Å²) >= 11 is 3.46. The molecule has 0 unspecified atom stereocenters. The highest BCUT2D eigenvalue weighted by Crippen LogP contribution is 2.31. The number of nitrogens with zero attached hydrogens (tertiary/aromatic N) is 3. The Morgan fingerprint density at radius 3 is 2.32 bits per heavy atom. The molecule has 0 aliphatic rings. The number of hydrazone groups is 1. The Balaban J connectivity index is 1.54. The molecule has 4 rings (SSSR count). The summed E-state index contributed by atoms with van der Waals surface area (Å²) in [7, 11) is -1.20. The van der Waals surface area contributed by atoms with E-state index in [2.05, 4.69) is 31.0 Å². The van der Waals surface area contributed by atoms with Crippen molar-refractivity contribution >= 4 is 38.1 Å². The molecule has 1 amide bonds. The highest BCUT2D eigenvalue weighted by atomic mass is 79.9. The Morgan fingerprint density at radius 1 is 0.976 bits per heavy atom. The number of sulfonamides is 1. The molecular weight excluding hydrogens is 608 g/mol. The Morgan fingerprint density at radius 2 is 1.66 bits per heavy atom. The average molecular weight is 640 g/mol. The number of carbonyl (C=O) groups excluding carboxylic acids is 1. The largest absolute Gasteiger partial charge is 0.493 e. The maximum absolute atomic E-state index is 13.7. The lowest BCUT2D eigenvalue weighted by Crippen LogP contribution is -2.39. The summed E-state index contributed by atoms with van der Waals surface area (Å²) in [6.07, 6.45) is 1.56. The molecule has 0 aliphatic heterocycles. The maximum atomic E-state index is 13.7. The van der Waals surface area contributed by atoms with Gasteiger partial charge in [-0.25, -0.2) is 13.8 Å². The van der Waals surface area contributed by atoms with Crippen molar-refractivity contribution in [3.05, 3.63) is 106 Å². The van der Waals surface area contributed by atoms with E-state index in [1.165, 1.54) is 32.4 Å². The fraction of sp³-hybridized carbons (Fsp3) is 0.200. The van der Waals surface area contributed by atoms with Crippen LogP contribution in [0.3, 0.4) is 0 Å². The molecule has 0 spiro atoms. The zero-order chi connectivity index (χ0) is 29.6. The normalized spacial score (nSPS) is 11.7. The molecule has 1 N–H and O–H groups in total. The van der Waals surface area contributed by atoms with E-state index in [1.54, 1.807) is 18.3 Å². The van der Waals surface area contributed by atoms with E-state index >= 15 is 0 Å². The second kappa shape index (κ2) is 13.2. The Bertz CT molecular complexity index is 1650. The summed E-state index contributed by atoms with van der Waals surface area (Å²) in [5.41, 5.74) is 6.99. The van der Waals surface area contributed by atoms with Gasteiger partial charge in [-0.05, 0) is 61.9 Å². The van der Waals surface area contributed by atoms with Gasteiger partial charge < -0.3 is 14.0 Å². The quantitative estimate of drug-likeness (QED) is 0.179. The smallest absolute Gasteiger partial charge is 0.255 e. The predicted octanol–water partition coefficient (Wildman–Crippen LogP) is 5.22. The monoisotopic (exact) mass is 638 g/mol. The first-order valence-electron chi connectivity index (χ1n) is 12.7. The van der Waals surface area contributed by atoms with Crippen molar-refractivity contribution in [2.45, 2.75) is 25.3 Å². The topological polar surface area (TPSA) is 102 Å². The van der Waals surface area contributed by atoms with Crippen LogP contribution in [0.25, 0.3) is 5.69 Å². The minimum absolute atomic E-state index is 0.0109. The van der Waals surface area contributed by atoms with Crippen molar-refractivity contribution in [3.8, 4) is 17.2 Å². The molecular formula is C30H31BrN4O5S. The second-order valence-electron chi connectivity index (χ2n) is 9.21. The number of rotatable bonds is 11. The third-order valence-electron chi connectivity index (χ3n) is 6.46.